The summed E-state index contributed by atoms with van der Waals surface area (Å²) in [5.41, 5.74) is 1.26. The number of carbonyl (C=O) groups excluding carboxylic acids is 1. The molecule has 0 bridgehead atoms. The van der Waals surface area contributed by atoms with Crippen LogP contribution in [0.15, 0.2) is 41.5 Å². The van der Waals surface area contributed by atoms with Gasteiger partial charge in [0, 0.05) is 22.0 Å². The van der Waals surface area contributed by atoms with E-state index in [-0.39, 0.29) is 41.6 Å². The molecule has 0 spiro atoms. The van der Waals surface area contributed by atoms with E-state index in [1.54, 1.807) is 17.0 Å². The van der Waals surface area contributed by atoms with Crippen LogP contribution in [0.25, 0.3) is 20.7 Å². The summed E-state index contributed by atoms with van der Waals surface area (Å²) >= 11 is 7.29. The minimum absolute atomic E-state index is 0.0107. The highest BCUT2D eigenvalue weighted by Crippen LogP contribution is 2.33. The highest BCUT2D eigenvalue weighted by atomic mass is 35.5. The fourth-order valence-electron chi connectivity index (χ4n) is 4.09. The minimum Gasteiger partial charge on any atom is -0.334 e. The van der Waals surface area contributed by atoms with E-state index in [2.05, 4.69) is 4.98 Å². The largest absolute Gasteiger partial charge is 0.334 e. The van der Waals surface area contributed by atoms with Gasteiger partial charge in [0.15, 0.2) is 9.84 Å². The molecule has 7 nitrogen and oxygen atoms in total. The third-order valence-corrected chi connectivity index (χ3v) is 8.93. The normalized spacial score (nSPS) is 20.2. The minimum atomic E-state index is -3.10. The Hall–Kier alpha value is -2.23. The summed E-state index contributed by atoms with van der Waals surface area (Å²) in [7, 11) is -3.10. The molecule has 2 aliphatic rings. The van der Waals surface area contributed by atoms with Gasteiger partial charge < -0.3 is 4.90 Å². The molecule has 1 atom stereocenters. The van der Waals surface area contributed by atoms with Crippen LogP contribution in [0.3, 0.4) is 0 Å². The van der Waals surface area contributed by atoms with Crippen molar-refractivity contribution in [1.29, 1.82) is 0 Å². The SMILES string of the molecule is O=C(Cn1cnc2cc(-c3ccc(Cl)cc3)sc2c1=O)N(C1CC1)[C@@H]1CCS(=O)(=O)C1. The predicted molar refractivity (Wildman–Crippen MR) is 121 cm³/mol. The topological polar surface area (TPSA) is 89.3 Å². The zero-order chi connectivity index (χ0) is 21.8. The molecule has 0 radical (unpaired) electrons. The maximum atomic E-state index is 13.1. The molecule has 31 heavy (non-hydrogen) atoms. The van der Waals surface area contributed by atoms with E-state index in [1.807, 2.05) is 18.2 Å². The lowest BCUT2D eigenvalue weighted by Crippen LogP contribution is -2.45. The van der Waals surface area contributed by atoms with Crippen LogP contribution < -0.4 is 5.56 Å². The molecule has 5 rings (SSSR count). The van der Waals surface area contributed by atoms with E-state index in [4.69, 9.17) is 11.6 Å². The van der Waals surface area contributed by atoms with Gasteiger partial charge in [-0.25, -0.2) is 13.4 Å². The second-order valence-electron chi connectivity index (χ2n) is 8.10. The molecule has 1 amide bonds. The Morgan fingerprint density at radius 2 is 1.94 bits per heavy atom. The van der Waals surface area contributed by atoms with Gasteiger partial charge in [0.1, 0.15) is 11.2 Å². The van der Waals surface area contributed by atoms with Crippen LogP contribution in [-0.4, -0.2) is 52.4 Å². The van der Waals surface area contributed by atoms with Crippen molar-refractivity contribution < 1.29 is 13.2 Å². The van der Waals surface area contributed by atoms with Gasteiger partial charge in [0.05, 0.1) is 23.3 Å². The molecule has 162 valence electrons. The highest BCUT2D eigenvalue weighted by molar-refractivity contribution is 7.91. The molecule has 10 heteroatoms. The summed E-state index contributed by atoms with van der Waals surface area (Å²) < 4.78 is 25.6. The van der Waals surface area contributed by atoms with Crippen LogP contribution in [0.5, 0.6) is 0 Å². The summed E-state index contributed by atoms with van der Waals surface area (Å²) in [6.07, 6.45) is 3.62. The maximum absolute atomic E-state index is 13.1. The van der Waals surface area contributed by atoms with Crippen molar-refractivity contribution in [3.05, 3.63) is 52.0 Å². The second kappa shape index (κ2) is 7.72. The first-order chi connectivity index (χ1) is 14.8. The third-order valence-electron chi connectivity index (χ3n) is 5.77. The van der Waals surface area contributed by atoms with Crippen molar-refractivity contribution in [2.45, 2.75) is 37.9 Å². The molecule has 3 aromatic rings. The average molecular weight is 478 g/mol. The standard InChI is InChI=1S/C21H20ClN3O4S2/c22-14-3-1-13(2-4-14)18-9-17-20(30-18)21(27)24(12-23-17)10-19(26)25(15-5-6-15)16-7-8-31(28,29)11-16/h1-4,9,12,15-16H,5-8,10-11H2/t16-/m1/s1. The molecule has 0 N–H and O–H groups in total. The van der Waals surface area contributed by atoms with Crippen LogP contribution in [0.1, 0.15) is 19.3 Å². The monoisotopic (exact) mass is 477 g/mol. The lowest BCUT2D eigenvalue weighted by Gasteiger charge is -2.28. The molecular weight excluding hydrogens is 458 g/mol. The summed E-state index contributed by atoms with van der Waals surface area (Å²) in [4.78, 5) is 33.1. The van der Waals surface area contributed by atoms with Gasteiger partial charge in [-0.1, -0.05) is 23.7 Å². The molecule has 1 saturated heterocycles. The zero-order valence-corrected chi connectivity index (χ0v) is 18.9. The number of benzene rings is 1. The first-order valence-electron chi connectivity index (χ1n) is 10.1. The molecular formula is C21H20ClN3O4S2. The Labute approximate surface area is 188 Å². The Morgan fingerprint density at radius 3 is 2.58 bits per heavy atom. The number of amides is 1. The van der Waals surface area contributed by atoms with Crippen LogP contribution >= 0.6 is 22.9 Å². The van der Waals surface area contributed by atoms with Gasteiger partial charge >= 0.3 is 0 Å². The fourth-order valence-corrected chi connectivity index (χ4v) is 7.00. The Kier molecular flexibility index (Phi) is 5.15. The number of nitrogens with zero attached hydrogens (tertiary/aromatic N) is 3. The molecule has 1 aliphatic carbocycles. The molecule has 1 aliphatic heterocycles. The Balaban J connectivity index is 1.42. The van der Waals surface area contributed by atoms with Gasteiger partial charge in [-0.05, 0) is 43.0 Å². The maximum Gasteiger partial charge on any atom is 0.271 e. The summed E-state index contributed by atoms with van der Waals surface area (Å²) in [6, 6.07) is 9.00. The molecule has 2 aromatic heterocycles. The third kappa shape index (κ3) is 4.14. The fraction of sp³-hybridized carbons (Fsp3) is 0.381. The number of fused-ring (bicyclic) bond motifs is 1. The number of hydrogen-bond donors (Lipinski definition) is 0. The zero-order valence-electron chi connectivity index (χ0n) is 16.5. The first kappa shape index (κ1) is 20.7. The van der Waals surface area contributed by atoms with Gasteiger partial charge in [0.25, 0.3) is 5.56 Å². The van der Waals surface area contributed by atoms with Crippen LogP contribution in [0, 0.1) is 0 Å². The van der Waals surface area contributed by atoms with E-state index < -0.39 is 9.84 Å². The number of thiophene rings is 1. The van der Waals surface area contributed by atoms with E-state index in [0.29, 0.717) is 21.7 Å². The van der Waals surface area contributed by atoms with Crippen molar-refractivity contribution in [1.82, 2.24) is 14.5 Å². The van der Waals surface area contributed by atoms with Crippen LogP contribution in [0.2, 0.25) is 5.02 Å². The van der Waals surface area contributed by atoms with Gasteiger partial charge in [-0.3, -0.25) is 14.2 Å². The van der Waals surface area contributed by atoms with Crippen molar-refractivity contribution in [3.8, 4) is 10.4 Å². The van der Waals surface area contributed by atoms with Gasteiger partial charge in [-0.2, -0.15) is 0 Å². The van der Waals surface area contributed by atoms with Crippen molar-refractivity contribution >= 4 is 48.9 Å². The van der Waals surface area contributed by atoms with E-state index in [0.717, 1.165) is 23.3 Å². The lowest BCUT2D eigenvalue weighted by atomic mass is 10.2. The molecule has 3 heterocycles. The van der Waals surface area contributed by atoms with Crippen LogP contribution in [-0.2, 0) is 21.2 Å². The Morgan fingerprint density at radius 1 is 1.19 bits per heavy atom. The average Bonchev–Trinajstić information content (AvgIpc) is 3.34. The number of carbonyl (C=O) groups is 1. The predicted octanol–water partition coefficient (Wildman–Crippen LogP) is 2.96. The number of rotatable bonds is 5. The summed E-state index contributed by atoms with van der Waals surface area (Å²) in [5.74, 6) is -0.0940. The van der Waals surface area contributed by atoms with Crippen LogP contribution in [0.4, 0.5) is 0 Å². The number of hydrogen-bond acceptors (Lipinski definition) is 6. The quantitative estimate of drug-likeness (QED) is 0.563. The second-order valence-corrected chi connectivity index (χ2v) is 11.8. The van der Waals surface area contributed by atoms with Gasteiger partial charge in [-0.15, -0.1) is 11.3 Å². The first-order valence-corrected chi connectivity index (χ1v) is 13.1. The van der Waals surface area contributed by atoms with E-state index >= 15 is 0 Å². The Bertz CT molecular complexity index is 1330. The van der Waals surface area contributed by atoms with Crippen molar-refractivity contribution in [2.24, 2.45) is 0 Å². The number of sulfone groups is 1. The highest BCUT2D eigenvalue weighted by Gasteiger charge is 2.42. The van der Waals surface area contributed by atoms with Crippen molar-refractivity contribution in [2.75, 3.05) is 11.5 Å². The summed E-state index contributed by atoms with van der Waals surface area (Å²) in [6.45, 7) is -0.136. The van der Waals surface area contributed by atoms with E-state index in [1.165, 1.54) is 22.2 Å². The van der Waals surface area contributed by atoms with Crippen molar-refractivity contribution in [3.63, 3.8) is 0 Å². The molecule has 0 unspecified atom stereocenters. The molecule has 2 fully saturated rings. The number of halogens is 1. The summed E-state index contributed by atoms with van der Waals surface area (Å²) in [5, 5.41) is 0.638. The lowest BCUT2D eigenvalue weighted by molar-refractivity contribution is -0.134. The number of aromatic nitrogens is 2. The van der Waals surface area contributed by atoms with Gasteiger partial charge in [0.2, 0.25) is 5.91 Å². The van der Waals surface area contributed by atoms with E-state index in [9.17, 15) is 18.0 Å². The smallest absolute Gasteiger partial charge is 0.271 e. The molecule has 1 saturated carbocycles. The molecule has 1 aromatic carbocycles.